The number of carboxylic acid groups (broad SMARTS) is 1. The first-order valence-electron chi connectivity index (χ1n) is 10.3. The number of unbranched alkanes of at least 4 members (excludes halogenated alkanes) is 1. The van der Waals surface area contributed by atoms with E-state index in [-0.39, 0.29) is 11.3 Å². The Kier molecular flexibility index (Phi) is 13.3. The number of carboxylic acids is 1. The third-order valence-electron chi connectivity index (χ3n) is 6.85. The summed E-state index contributed by atoms with van der Waals surface area (Å²) in [5.74, 6) is 6.51. The molecule has 5 unspecified atom stereocenters. The van der Waals surface area contributed by atoms with E-state index in [0.717, 1.165) is 32.2 Å². The molecule has 5 N–H and O–H groups in total. The summed E-state index contributed by atoms with van der Waals surface area (Å²) < 4.78 is 0. The molecule has 0 saturated carbocycles. The van der Waals surface area contributed by atoms with Crippen LogP contribution in [0.5, 0.6) is 0 Å². The fourth-order valence-corrected chi connectivity index (χ4v) is 4.55. The maximum atomic E-state index is 11.5. The topological polar surface area (TPSA) is 87.4 Å². The van der Waals surface area contributed by atoms with Crippen LogP contribution in [-0.4, -0.2) is 40.2 Å². The number of thiol groups is 2. The molecule has 0 fully saturated rings. The molecule has 27 heavy (non-hydrogen) atoms. The summed E-state index contributed by atoms with van der Waals surface area (Å²) in [5.41, 5.74) is 2.45. The van der Waals surface area contributed by atoms with E-state index in [0.29, 0.717) is 28.9 Å². The van der Waals surface area contributed by atoms with E-state index in [2.05, 4.69) is 64.9 Å². The van der Waals surface area contributed by atoms with Gasteiger partial charge in [-0.2, -0.15) is 25.3 Å². The average Bonchev–Trinajstić information content (AvgIpc) is 2.66. The Labute approximate surface area is 177 Å². The van der Waals surface area contributed by atoms with E-state index in [1.165, 1.54) is 0 Å². The second-order valence-corrected chi connectivity index (χ2v) is 9.40. The van der Waals surface area contributed by atoms with Crippen molar-refractivity contribution in [2.75, 3.05) is 12.3 Å². The zero-order valence-electron chi connectivity index (χ0n) is 18.0. The van der Waals surface area contributed by atoms with E-state index in [1.807, 2.05) is 0 Å². The Balaban J connectivity index is 4.98. The highest BCUT2D eigenvalue weighted by molar-refractivity contribution is 7.81. The molecule has 0 aromatic heterocycles. The van der Waals surface area contributed by atoms with Gasteiger partial charge in [-0.25, -0.2) is 0 Å². The SMILES string of the molecule is CCC(C)(N[C@H](CS)C(=O)O)C(C)C(C)C(C)C(C)[C@@H](S)CCCCNN. The predicted molar refractivity (Wildman–Crippen MR) is 123 cm³/mol. The molecule has 0 amide bonds. The van der Waals surface area contributed by atoms with Gasteiger partial charge in [0.2, 0.25) is 0 Å². The zero-order valence-corrected chi connectivity index (χ0v) is 19.8. The van der Waals surface area contributed by atoms with Gasteiger partial charge < -0.3 is 5.11 Å². The molecule has 0 radical (unpaired) electrons. The monoisotopic (exact) mass is 421 g/mol. The zero-order chi connectivity index (χ0) is 21.2. The lowest BCUT2D eigenvalue weighted by molar-refractivity contribution is -0.139. The molecule has 0 rings (SSSR count). The highest BCUT2D eigenvalue weighted by Gasteiger charge is 2.39. The Morgan fingerprint density at radius 2 is 1.74 bits per heavy atom. The molecule has 0 spiro atoms. The van der Waals surface area contributed by atoms with Crippen LogP contribution in [0.2, 0.25) is 0 Å². The minimum absolute atomic E-state index is 0.252. The number of nitrogens with one attached hydrogen (secondary N) is 2. The van der Waals surface area contributed by atoms with Crippen molar-refractivity contribution in [3.05, 3.63) is 0 Å². The van der Waals surface area contributed by atoms with E-state index in [9.17, 15) is 9.90 Å². The predicted octanol–water partition coefficient (Wildman–Crippen LogP) is 3.60. The van der Waals surface area contributed by atoms with Crippen molar-refractivity contribution in [3.63, 3.8) is 0 Å². The lowest BCUT2D eigenvalue weighted by Crippen LogP contribution is -2.57. The molecule has 7 heteroatoms. The maximum Gasteiger partial charge on any atom is 0.321 e. The lowest BCUT2D eigenvalue weighted by Gasteiger charge is -2.44. The van der Waals surface area contributed by atoms with E-state index >= 15 is 0 Å². The van der Waals surface area contributed by atoms with E-state index in [1.54, 1.807) is 0 Å². The Hall–Kier alpha value is 0.0500. The Bertz CT molecular complexity index is 428. The normalized spacial score (nSPS) is 20.9. The van der Waals surface area contributed by atoms with Crippen molar-refractivity contribution < 1.29 is 9.90 Å². The molecule has 162 valence electrons. The average molecular weight is 422 g/mol. The molecule has 0 bridgehead atoms. The molecule has 0 aromatic carbocycles. The molecule has 7 atom stereocenters. The second-order valence-electron chi connectivity index (χ2n) is 8.37. The van der Waals surface area contributed by atoms with Crippen molar-refractivity contribution in [1.29, 1.82) is 0 Å². The van der Waals surface area contributed by atoms with Crippen molar-refractivity contribution in [3.8, 4) is 0 Å². The van der Waals surface area contributed by atoms with E-state index < -0.39 is 12.0 Å². The molecule has 0 aliphatic carbocycles. The van der Waals surface area contributed by atoms with Gasteiger partial charge in [0.15, 0.2) is 0 Å². The summed E-state index contributed by atoms with van der Waals surface area (Å²) in [5, 5.41) is 13.1. The number of aliphatic carboxylic acids is 1. The van der Waals surface area contributed by atoms with Gasteiger partial charge in [0.05, 0.1) is 0 Å². The van der Waals surface area contributed by atoms with Crippen LogP contribution >= 0.6 is 25.3 Å². The highest BCUT2D eigenvalue weighted by Crippen LogP contribution is 2.37. The molecule has 0 aliphatic rings. The highest BCUT2D eigenvalue weighted by atomic mass is 32.1. The van der Waals surface area contributed by atoms with Crippen LogP contribution in [-0.2, 0) is 4.79 Å². The number of nitrogens with two attached hydrogens (primary N) is 1. The fraction of sp³-hybridized carbons (Fsp3) is 0.950. The standard InChI is InChI=1S/C20H43N3O2S2/c1-7-20(6,23-17(12-26)19(24)25)16(5)14(3)13(2)15(4)18(27)10-8-9-11-22-21/h13-18,22-23,26-27H,7-12,21H2,1-6H3,(H,24,25)/t13?,14?,15?,16?,17-,18+,20?/m1/s1. The number of carbonyl (C=O) groups is 1. The molecule has 0 aromatic rings. The third-order valence-corrected chi connectivity index (χ3v) is 7.94. The van der Waals surface area contributed by atoms with Crippen LogP contribution in [0.1, 0.15) is 67.2 Å². The number of hydrogen-bond acceptors (Lipinski definition) is 6. The van der Waals surface area contributed by atoms with Crippen molar-refractivity contribution in [2.24, 2.45) is 29.5 Å². The Morgan fingerprint density at radius 3 is 2.19 bits per heavy atom. The van der Waals surface area contributed by atoms with Gasteiger partial charge in [0.25, 0.3) is 0 Å². The number of hydrogen-bond donors (Lipinski definition) is 6. The van der Waals surface area contributed by atoms with E-state index in [4.69, 9.17) is 18.5 Å². The van der Waals surface area contributed by atoms with Gasteiger partial charge in [-0.3, -0.25) is 21.4 Å². The van der Waals surface area contributed by atoms with Crippen LogP contribution < -0.4 is 16.6 Å². The van der Waals surface area contributed by atoms with Gasteiger partial charge in [-0.05, 0) is 49.9 Å². The van der Waals surface area contributed by atoms with Crippen molar-refractivity contribution in [2.45, 2.75) is 84.1 Å². The third kappa shape index (κ3) is 8.52. The summed E-state index contributed by atoms with van der Waals surface area (Å²) >= 11 is 9.08. The minimum atomic E-state index is -0.840. The fourth-order valence-electron chi connectivity index (χ4n) is 3.85. The first-order chi connectivity index (χ1) is 12.5. The minimum Gasteiger partial charge on any atom is -0.480 e. The van der Waals surface area contributed by atoms with Crippen LogP contribution in [0, 0.1) is 23.7 Å². The molecular weight excluding hydrogens is 378 g/mol. The van der Waals surface area contributed by atoms with Gasteiger partial charge in [0.1, 0.15) is 6.04 Å². The molecule has 0 heterocycles. The number of rotatable bonds is 15. The summed E-state index contributed by atoms with van der Waals surface area (Å²) in [6.45, 7) is 14.2. The maximum absolute atomic E-state index is 11.5. The molecule has 0 aliphatic heterocycles. The summed E-state index contributed by atoms with van der Waals surface area (Å²) in [6, 6.07) is -0.630. The molecule has 0 saturated heterocycles. The first-order valence-corrected chi connectivity index (χ1v) is 11.4. The van der Waals surface area contributed by atoms with Gasteiger partial charge in [-0.15, -0.1) is 0 Å². The van der Waals surface area contributed by atoms with Crippen LogP contribution in [0.3, 0.4) is 0 Å². The van der Waals surface area contributed by atoms with Crippen LogP contribution in [0.25, 0.3) is 0 Å². The number of hydrazine groups is 1. The van der Waals surface area contributed by atoms with Crippen LogP contribution in [0.15, 0.2) is 0 Å². The lowest BCUT2D eigenvalue weighted by atomic mass is 9.69. The first kappa shape index (κ1) is 27.0. The van der Waals surface area contributed by atoms with Gasteiger partial charge >= 0.3 is 5.97 Å². The van der Waals surface area contributed by atoms with Gasteiger partial charge in [-0.1, -0.05) is 41.0 Å². The smallest absolute Gasteiger partial charge is 0.321 e. The largest absolute Gasteiger partial charge is 0.480 e. The van der Waals surface area contributed by atoms with Crippen LogP contribution in [0.4, 0.5) is 0 Å². The quantitative estimate of drug-likeness (QED) is 0.105. The summed E-state index contributed by atoms with van der Waals surface area (Å²) in [7, 11) is 0. The Morgan fingerprint density at radius 1 is 1.15 bits per heavy atom. The van der Waals surface area contributed by atoms with Crippen molar-refractivity contribution in [1.82, 2.24) is 10.7 Å². The molecular formula is C20H43N3O2S2. The molecule has 5 nitrogen and oxygen atoms in total. The summed E-state index contributed by atoms with van der Waals surface area (Å²) in [4.78, 5) is 11.5. The summed E-state index contributed by atoms with van der Waals surface area (Å²) in [6.07, 6.45) is 4.14. The second kappa shape index (κ2) is 13.3. The van der Waals surface area contributed by atoms with Crippen molar-refractivity contribution >= 4 is 31.2 Å². The van der Waals surface area contributed by atoms with Gasteiger partial charge in [0, 0.05) is 23.1 Å².